The number of hydrogen-bond donors (Lipinski definition) is 3. The zero-order valence-electron chi connectivity index (χ0n) is 70.5. The summed E-state index contributed by atoms with van der Waals surface area (Å²) in [6.07, 6.45) is 0. The number of thiophene rings is 2. The highest BCUT2D eigenvalue weighted by atomic mass is 32.1. The molecule has 11 heteroatoms. The monoisotopic (exact) mass is 1700 g/mol. The first-order chi connectivity index (χ1) is 64.3. The van der Waals surface area contributed by atoms with E-state index < -0.39 is 0 Å². The van der Waals surface area contributed by atoms with Gasteiger partial charge in [0.15, 0.2) is 0 Å². The van der Waals surface area contributed by atoms with Gasteiger partial charge in [0.1, 0.15) is 22.3 Å². The fraction of sp³-hybridized carbons (Fsp3) is 0. The molecule has 0 saturated carbocycles. The number of nitriles is 1. The molecule has 20 aromatic carbocycles. The van der Waals surface area contributed by atoms with Crippen LogP contribution in [-0.4, -0.2) is 0 Å². The molecule has 0 bridgehead atoms. The third-order valence-corrected chi connectivity index (χ3v) is 26.2. The van der Waals surface area contributed by atoms with Crippen molar-refractivity contribution < 1.29 is 8.83 Å². The first-order valence-corrected chi connectivity index (χ1v) is 45.1. The number of hydrogen-bond acceptors (Lipinski definition) is 11. The van der Waals surface area contributed by atoms with E-state index in [0.29, 0.717) is 5.56 Å². The Labute approximate surface area is 760 Å². The minimum Gasteiger partial charge on any atom is -0.456 e. The summed E-state index contributed by atoms with van der Waals surface area (Å²) in [5.74, 6) is 0. The van der Waals surface area contributed by atoms with Gasteiger partial charge in [0, 0.05) is 164 Å². The Morgan fingerprint density at radius 3 is 1.21 bits per heavy atom. The minimum atomic E-state index is 0.645. The SMILES string of the molecule is N#Cc1cccc(-c2cc(Nc3ccc(N(c4ccccc4)c4ccc5sc6ccccc6c5c4)cc3)cc(-c3ccccc3)c2)c1.c1ccc(N(c2ccc3sc4ccccc4c3c2)c2ccc(Nc3ccc4c(c3)oc3ccccc34)c3ccccc23)cc1.c1ccc(Nc2cccc(N(c3ccc(-c4ccccc4)cc3)c3ccc4c(c3)oc3ccccc34)c2)cc1. The zero-order valence-corrected chi connectivity index (χ0v) is 72.1. The number of fused-ring (bicyclic) bond motifs is 13. The van der Waals surface area contributed by atoms with Gasteiger partial charge >= 0.3 is 0 Å². The number of furan rings is 2. The predicted octanol–water partition coefficient (Wildman–Crippen LogP) is 35.3. The second-order valence-corrected chi connectivity index (χ2v) is 34.3. The number of nitrogens with zero attached hydrogens (tertiary/aromatic N) is 4. The lowest BCUT2D eigenvalue weighted by molar-refractivity contribution is 0.668. The van der Waals surface area contributed by atoms with Gasteiger partial charge in [-0.25, -0.2) is 0 Å². The molecular formula is C119H81N7O2S2. The highest BCUT2D eigenvalue weighted by Crippen LogP contribution is 2.48. The Morgan fingerprint density at radius 1 is 0.200 bits per heavy atom. The maximum absolute atomic E-state index is 9.51. The van der Waals surface area contributed by atoms with Crippen molar-refractivity contribution in [1.29, 1.82) is 5.26 Å². The smallest absolute Gasteiger partial charge is 0.137 e. The van der Waals surface area contributed by atoms with Gasteiger partial charge in [0.25, 0.3) is 0 Å². The molecule has 4 heterocycles. The quantitative estimate of drug-likeness (QED) is 0.0776. The molecule has 4 aromatic heterocycles. The summed E-state index contributed by atoms with van der Waals surface area (Å²) >= 11 is 3.68. The summed E-state index contributed by atoms with van der Waals surface area (Å²) in [6, 6.07) is 168. The second kappa shape index (κ2) is 35.2. The molecule has 0 radical (unpaired) electrons. The van der Waals surface area contributed by atoms with E-state index in [1.807, 2.05) is 95.5 Å². The van der Waals surface area contributed by atoms with Crippen LogP contribution in [0, 0.1) is 11.3 Å². The van der Waals surface area contributed by atoms with Crippen LogP contribution in [0.25, 0.3) is 128 Å². The van der Waals surface area contributed by atoms with Crippen LogP contribution in [0.4, 0.5) is 85.3 Å². The molecule has 0 amide bonds. The third kappa shape index (κ3) is 16.1. The van der Waals surface area contributed by atoms with Gasteiger partial charge in [-0.1, -0.05) is 243 Å². The Balaban J connectivity index is 0.000000115. The van der Waals surface area contributed by atoms with Crippen LogP contribution >= 0.6 is 22.7 Å². The summed E-state index contributed by atoms with van der Waals surface area (Å²) in [6.45, 7) is 0. The van der Waals surface area contributed by atoms with E-state index in [-0.39, 0.29) is 0 Å². The molecule has 0 aliphatic heterocycles. The van der Waals surface area contributed by atoms with Crippen molar-refractivity contribution in [2.75, 3.05) is 30.7 Å². The van der Waals surface area contributed by atoms with Gasteiger partial charge < -0.3 is 39.5 Å². The van der Waals surface area contributed by atoms with Crippen LogP contribution < -0.4 is 30.7 Å². The molecule has 0 spiro atoms. The van der Waals surface area contributed by atoms with E-state index in [9.17, 15) is 5.26 Å². The summed E-state index contributed by atoms with van der Waals surface area (Å²) in [4.78, 5) is 6.96. The van der Waals surface area contributed by atoms with Crippen LogP contribution in [0.1, 0.15) is 5.56 Å². The molecule has 9 nitrogen and oxygen atoms in total. The van der Waals surface area contributed by atoms with Gasteiger partial charge in [0.2, 0.25) is 0 Å². The molecule has 0 atom stereocenters. The highest BCUT2D eigenvalue weighted by molar-refractivity contribution is 7.26. The summed E-state index contributed by atoms with van der Waals surface area (Å²) in [5.41, 5.74) is 26.8. The van der Waals surface area contributed by atoms with Gasteiger partial charge in [-0.3, -0.25) is 0 Å². The van der Waals surface area contributed by atoms with Crippen molar-refractivity contribution in [2.24, 2.45) is 0 Å². The topological polar surface area (TPSA) is 95.9 Å². The molecule has 3 N–H and O–H groups in total. The fourth-order valence-corrected chi connectivity index (χ4v) is 19.9. The van der Waals surface area contributed by atoms with E-state index in [1.165, 1.54) is 56.9 Å². The first kappa shape index (κ1) is 78.9. The summed E-state index contributed by atoms with van der Waals surface area (Å²) in [7, 11) is 0. The van der Waals surface area contributed by atoms with Crippen molar-refractivity contribution in [2.45, 2.75) is 0 Å². The molecule has 130 heavy (non-hydrogen) atoms. The number of para-hydroxylation sites is 5. The molecule has 0 fully saturated rings. The van der Waals surface area contributed by atoms with Crippen LogP contribution in [0.3, 0.4) is 0 Å². The van der Waals surface area contributed by atoms with Crippen molar-refractivity contribution in [3.63, 3.8) is 0 Å². The third-order valence-electron chi connectivity index (χ3n) is 23.9. The van der Waals surface area contributed by atoms with Gasteiger partial charge in [0.05, 0.1) is 17.3 Å². The van der Waals surface area contributed by atoms with Crippen LogP contribution in [0.15, 0.2) is 482 Å². The molecule has 0 saturated heterocycles. The molecule has 0 aliphatic rings. The lowest BCUT2D eigenvalue weighted by Crippen LogP contribution is -2.10. The van der Waals surface area contributed by atoms with Gasteiger partial charge in [-0.15, -0.1) is 22.7 Å². The average Bonchev–Trinajstić information content (AvgIpc) is 1.64. The minimum absolute atomic E-state index is 0.645. The Hall–Kier alpha value is -17.0. The summed E-state index contributed by atoms with van der Waals surface area (Å²) in [5, 5.41) is 32.4. The Morgan fingerprint density at radius 2 is 0.585 bits per heavy atom. The largest absolute Gasteiger partial charge is 0.456 e. The number of benzene rings is 20. The molecule has 24 rings (SSSR count). The molecule has 24 aromatic rings. The van der Waals surface area contributed by atoms with Crippen LogP contribution in [0.2, 0.25) is 0 Å². The van der Waals surface area contributed by atoms with Crippen LogP contribution in [0.5, 0.6) is 0 Å². The maximum Gasteiger partial charge on any atom is 0.137 e. The lowest BCUT2D eigenvalue weighted by atomic mass is 9.97. The number of rotatable bonds is 18. The highest BCUT2D eigenvalue weighted by Gasteiger charge is 2.23. The van der Waals surface area contributed by atoms with E-state index in [0.717, 1.165) is 157 Å². The lowest BCUT2D eigenvalue weighted by Gasteiger charge is -2.27. The maximum atomic E-state index is 9.51. The second-order valence-electron chi connectivity index (χ2n) is 32.1. The first-order valence-electron chi connectivity index (χ1n) is 43.4. The average molecular weight is 1710 g/mol. The van der Waals surface area contributed by atoms with E-state index in [2.05, 4.69) is 437 Å². The summed E-state index contributed by atoms with van der Waals surface area (Å²) < 4.78 is 17.6. The molecule has 0 unspecified atom stereocenters. The van der Waals surface area contributed by atoms with E-state index in [1.54, 1.807) is 0 Å². The standard InChI is InChI=1S/C43H29N3S.C40H26N2OS.C36H26N2O/c44-29-30-10-9-13-32(24-30)34-25-33(31-11-3-1-4-12-31)26-36(27-34)45-35-18-20-38(21-19-35)46(37-14-5-2-6-15-37)39-22-23-43-41(28-39)40-16-7-8-17-42(40)47-43;1-2-10-27(11-3-1)42(28-19-23-40-34(25-28)33-15-7-9-17-39(33)44-40)36-22-21-35(29-12-4-5-13-30(29)36)41-26-18-20-32-31-14-6-8-16-37(31)43-38(32)24-26;1-3-10-26(11-4-1)27-18-20-30(21-19-27)38(31-15-9-14-29(24-31)37-28-12-5-2-6-13-28)32-22-23-34-33-16-7-8-17-35(33)39-36(34)25-32/h1-28,45H;1-25,41H;1-25,37H. The van der Waals surface area contributed by atoms with E-state index >= 15 is 0 Å². The zero-order chi connectivity index (χ0) is 86.6. The van der Waals surface area contributed by atoms with Crippen LogP contribution in [-0.2, 0) is 0 Å². The van der Waals surface area contributed by atoms with Gasteiger partial charge in [-0.2, -0.15) is 5.26 Å². The Kier molecular flexibility index (Phi) is 21.4. The molecule has 616 valence electrons. The Bertz CT molecular complexity index is 8300. The van der Waals surface area contributed by atoms with E-state index in [4.69, 9.17) is 8.83 Å². The molecule has 0 aliphatic carbocycles. The number of anilines is 15. The van der Waals surface area contributed by atoms with Gasteiger partial charge in [-0.05, 0) is 252 Å². The fourth-order valence-electron chi connectivity index (χ4n) is 17.7. The molecular weight excluding hydrogens is 1620 g/mol. The predicted molar refractivity (Wildman–Crippen MR) is 551 cm³/mol. The van der Waals surface area contributed by atoms with Crippen molar-refractivity contribution in [1.82, 2.24) is 0 Å². The number of nitrogens with one attached hydrogen (secondary N) is 3. The van der Waals surface area contributed by atoms with Crippen molar-refractivity contribution in [3.8, 4) is 39.4 Å². The van der Waals surface area contributed by atoms with Crippen molar-refractivity contribution in [3.05, 3.63) is 479 Å². The normalized spacial score (nSPS) is 11.2. The van der Waals surface area contributed by atoms with Crippen molar-refractivity contribution >= 4 is 203 Å².